The highest BCUT2D eigenvalue weighted by Gasteiger charge is 2.11. The molecule has 1 aromatic rings. The van der Waals surface area contributed by atoms with Gasteiger partial charge in [-0.05, 0) is 47.7 Å². The largest absolute Gasteiger partial charge is 0.492 e. The molecule has 0 aliphatic carbocycles. The van der Waals surface area contributed by atoms with Gasteiger partial charge in [-0.3, -0.25) is 0 Å². The van der Waals surface area contributed by atoms with Crippen LogP contribution < -0.4 is 4.74 Å². The van der Waals surface area contributed by atoms with E-state index < -0.39 is 5.97 Å². The molecule has 3 nitrogen and oxygen atoms in total. The van der Waals surface area contributed by atoms with Crippen LogP contribution in [0.1, 0.15) is 23.7 Å². The average Bonchev–Trinajstić information content (AvgIpc) is 2.19. The monoisotopic (exact) mass is 332 g/mol. The molecule has 0 amide bonds. The maximum atomic E-state index is 11.0. The van der Waals surface area contributed by atoms with Crippen LogP contribution in [0, 0.1) is 3.57 Å². The Hall–Kier alpha value is -1.04. The Morgan fingerprint density at radius 2 is 2.25 bits per heavy atom. The van der Waals surface area contributed by atoms with Gasteiger partial charge in [0.2, 0.25) is 0 Å². The number of hydrogen-bond acceptors (Lipinski definition) is 2. The molecular weight excluding hydrogens is 319 g/mol. The maximum Gasteiger partial charge on any atom is 0.339 e. The fourth-order valence-corrected chi connectivity index (χ4v) is 1.62. The molecular formula is C12H13IO3. The molecule has 4 heteroatoms. The maximum absolute atomic E-state index is 11.0. The summed E-state index contributed by atoms with van der Waals surface area (Å²) < 4.78 is 6.30. The molecule has 0 heterocycles. The lowest BCUT2D eigenvalue weighted by Gasteiger charge is -2.09. The lowest BCUT2D eigenvalue weighted by molar-refractivity contribution is 0.0692. The van der Waals surface area contributed by atoms with E-state index in [1.807, 2.05) is 13.0 Å². The number of ether oxygens (including phenoxy) is 1. The molecule has 0 aromatic heterocycles. The van der Waals surface area contributed by atoms with Gasteiger partial charge in [0, 0.05) is 9.99 Å². The molecule has 0 bridgehead atoms. The molecule has 0 spiro atoms. The van der Waals surface area contributed by atoms with E-state index in [0.29, 0.717) is 12.4 Å². The van der Waals surface area contributed by atoms with Crippen LogP contribution in [0.5, 0.6) is 5.75 Å². The summed E-state index contributed by atoms with van der Waals surface area (Å²) in [7, 11) is 0. The molecule has 1 aromatic carbocycles. The number of halogens is 1. The van der Waals surface area contributed by atoms with Gasteiger partial charge in [-0.25, -0.2) is 4.79 Å². The van der Waals surface area contributed by atoms with Crippen molar-refractivity contribution in [3.63, 3.8) is 0 Å². The molecule has 0 aliphatic heterocycles. The number of hydrogen-bond donors (Lipinski definition) is 1. The van der Waals surface area contributed by atoms with Crippen molar-refractivity contribution < 1.29 is 14.6 Å². The van der Waals surface area contributed by atoms with Crippen LogP contribution in [-0.2, 0) is 0 Å². The molecule has 0 aliphatic rings. The number of carboxylic acid groups (broad SMARTS) is 1. The summed E-state index contributed by atoms with van der Waals surface area (Å²) in [4.78, 5) is 11.0. The molecule has 0 saturated carbocycles. The Morgan fingerprint density at radius 1 is 1.56 bits per heavy atom. The van der Waals surface area contributed by atoms with Gasteiger partial charge in [-0.1, -0.05) is 5.57 Å². The summed E-state index contributed by atoms with van der Waals surface area (Å²) in [6, 6.07) is 5.10. The third-order valence-electron chi connectivity index (χ3n) is 1.96. The number of carbonyl (C=O) groups is 1. The predicted octanol–water partition coefficient (Wildman–Crippen LogP) is 3.33. The molecule has 1 N–H and O–H groups in total. The minimum absolute atomic E-state index is 0.202. The van der Waals surface area contributed by atoms with Gasteiger partial charge in [0.25, 0.3) is 0 Å². The van der Waals surface area contributed by atoms with Gasteiger partial charge < -0.3 is 9.84 Å². The van der Waals surface area contributed by atoms with Gasteiger partial charge in [-0.15, -0.1) is 6.58 Å². The summed E-state index contributed by atoms with van der Waals surface area (Å²) in [6.07, 6.45) is 0.727. The van der Waals surface area contributed by atoms with Gasteiger partial charge in [0.05, 0.1) is 6.61 Å². The zero-order chi connectivity index (χ0) is 12.1. The van der Waals surface area contributed by atoms with Crippen molar-refractivity contribution in [3.8, 4) is 5.75 Å². The SMILES string of the molecule is C=C(C)CCOc1ccc(I)cc1C(=O)O. The highest BCUT2D eigenvalue weighted by molar-refractivity contribution is 14.1. The number of carboxylic acids is 1. The fraction of sp³-hybridized carbons (Fsp3) is 0.250. The van der Waals surface area contributed by atoms with Gasteiger partial charge in [0.1, 0.15) is 11.3 Å². The molecule has 0 radical (unpaired) electrons. The first kappa shape index (κ1) is 13.0. The first-order chi connectivity index (χ1) is 7.50. The first-order valence-electron chi connectivity index (χ1n) is 4.80. The van der Waals surface area contributed by atoms with Crippen molar-refractivity contribution in [2.24, 2.45) is 0 Å². The summed E-state index contributed by atoms with van der Waals surface area (Å²) in [5.74, 6) is -0.557. The molecule has 0 saturated heterocycles. The third-order valence-corrected chi connectivity index (χ3v) is 2.63. The van der Waals surface area contributed by atoms with Crippen LogP contribution >= 0.6 is 22.6 Å². The van der Waals surface area contributed by atoms with Crippen molar-refractivity contribution in [1.82, 2.24) is 0 Å². The molecule has 1 rings (SSSR count). The van der Waals surface area contributed by atoms with Crippen molar-refractivity contribution in [2.75, 3.05) is 6.61 Å². The van der Waals surface area contributed by atoms with E-state index in [9.17, 15) is 4.79 Å². The highest BCUT2D eigenvalue weighted by Crippen LogP contribution is 2.21. The van der Waals surface area contributed by atoms with E-state index in [1.54, 1.807) is 12.1 Å². The summed E-state index contributed by atoms with van der Waals surface area (Å²) in [5.41, 5.74) is 1.22. The smallest absolute Gasteiger partial charge is 0.339 e. The Kier molecular flexibility index (Phi) is 4.79. The third kappa shape index (κ3) is 3.84. The lowest BCUT2D eigenvalue weighted by atomic mass is 10.2. The van der Waals surface area contributed by atoms with Crippen molar-refractivity contribution in [3.05, 3.63) is 39.5 Å². The number of rotatable bonds is 5. The van der Waals surface area contributed by atoms with Crippen molar-refractivity contribution in [1.29, 1.82) is 0 Å². The topological polar surface area (TPSA) is 46.5 Å². The lowest BCUT2D eigenvalue weighted by Crippen LogP contribution is -2.05. The van der Waals surface area contributed by atoms with Gasteiger partial charge in [0.15, 0.2) is 0 Å². The van der Waals surface area contributed by atoms with Gasteiger partial charge >= 0.3 is 5.97 Å². The Balaban J connectivity index is 2.78. The van der Waals surface area contributed by atoms with Crippen LogP contribution in [-0.4, -0.2) is 17.7 Å². The van der Waals surface area contributed by atoms with Crippen molar-refractivity contribution >= 4 is 28.6 Å². The minimum Gasteiger partial charge on any atom is -0.492 e. The standard InChI is InChI=1S/C12H13IO3/c1-8(2)5-6-16-11-4-3-9(13)7-10(11)12(14)15/h3-4,7H,1,5-6H2,2H3,(H,14,15). The van der Waals surface area contributed by atoms with Crippen LogP contribution in [0.2, 0.25) is 0 Å². The van der Waals surface area contributed by atoms with Crippen molar-refractivity contribution in [2.45, 2.75) is 13.3 Å². The van der Waals surface area contributed by atoms with Gasteiger partial charge in [-0.2, -0.15) is 0 Å². The second-order valence-electron chi connectivity index (χ2n) is 3.50. The quantitative estimate of drug-likeness (QED) is 0.665. The molecule has 86 valence electrons. The van der Waals surface area contributed by atoms with E-state index in [0.717, 1.165) is 15.6 Å². The molecule has 0 unspecified atom stereocenters. The fourth-order valence-electron chi connectivity index (χ4n) is 1.13. The normalized spacial score (nSPS) is 9.88. The number of aromatic carboxylic acids is 1. The zero-order valence-corrected chi connectivity index (χ0v) is 11.2. The molecule has 16 heavy (non-hydrogen) atoms. The summed E-state index contributed by atoms with van der Waals surface area (Å²) in [6.45, 7) is 6.13. The number of benzene rings is 1. The molecule has 0 atom stereocenters. The average molecular weight is 332 g/mol. The summed E-state index contributed by atoms with van der Waals surface area (Å²) >= 11 is 2.07. The Bertz CT molecular complexity index is 413. The summed E-state index contributed by atoms with van der Waals surface area (Å²) in [5, 5.41) is 9.00. The van der Waals surface area contributed by atoms with E-state index >= 15 is 0 Å². The highest BCUT2D eigenvalue weighted by atomic mass is 127. The van der Waals surface area contributed by atoms with E-state index in [1.165, 1.54) is 0 Å². The van der Waals surface area contributed by atoms with E-state index in [-0.39, 0.29) is 5.56 Å². The second kappa shape index (κ2) is 5.89. The Labute approximate surface area is 108 Å². The Morgan fingerprint density at radius 3 is 2.81 bits per heavy atom. The second-order valence-corrected chi connectivity index (χ2v) is 4.75. The van der Waals surface area contributed by atoms with Crippen LogP contribution in [0.3, 0.4) is 0 Å². The van der Waals surface area contributed by atoms with Crippen LogP contribution in [0.15, 0.2) is 30.4 Å². The predicted molar refractivity (Wildman–Crippen MR) is 71.0 cm³/mol. The van der Waals surface area contributed by atoms with E-state index in [4.69, 9.17) is 9.84 Å². The molecule has 0 fully saturated rings. The van der Waals surface area contributed by atoms with Crippen LogP contribution in [0.4, 0.5) is 0 Å². The van der Waals surface area contributed by atoms with E-state index in [2.05, 4.69) is 29.2 Å². The van der Waals surface area contributed by atoms with Crippen LogP contribution in [0.25, 0.3) is 0 Å². The zero-order valence-electron chi connectivity index (χ0n) is 9.00. The first-order valence-corrected chi connectivity index (χ1v) is 5.88. The minimum atomic E-state index is -0.969.